The molecule has 0 radical (unpaired) electrons. The number of ether oxygens (including phenoxy) is 2. The van der Waals surface area contributed by atoms with Gasteiger partial charge in [-0.25, -0.2) is 0 Å². The number of methoxy groups -OCH3 is 2. The van der Waals surface area contributed by atoms with Crippen molar-refractivity contribution in [2.75, 3.05) is 27.3 Å². The number of aromatic nitrogens is 1. The lowest BCUT2D eigenvalue weighted by atomic mass is 10.0. The molecular weight excluding hydrogens is 526 g/mol. The fourth-order valence-corrected chi connectivity index (χ4v) is 5.65. The highest BCUT2D eigenvalue weighted by atomic mass is 16.5. The number of nitrogens with zero attached hydrogens (tertiary/aromatic N) is 2. The molecule has 0 unspecified atom stereocenters. The van der Waals surface area contributed by atoms with Crippen molar-refractivity contribution in [3.05, 3.63) is 108 Å². The van der Waals surface area contributed by atoms with Gasteiger partial charge in [-0.05, 0) is 65.4 Å². The number of amides is 2. The first kappa shape index (κ1) is 27.4. The lowest BCUT2D eigenvalue weighted by molar-refractivity contribution is -0.132. The van der Waals surface area contributed by atoms with Gasteiger partial charge in [0.15, 0.2) is 11.5 Å². The van der Waals surface area contributed by atoms with E-state index in [0.717, 1.165) is 45.6 Å². The predicted molar refractivity (Wildman–Crippen MR) is 165 cm³/mol. The molecule has 1 aliphatic rings. The Balaban J connectivity index is 1.27. The Morgan fingerprint density at radius 3 is 2.38 bits per heavy atom. The van der Waals surface area contributed by atoms with Crippen LogP contribution in [0.5, 0.6) is 11.5 Å². The number of rotatable bonds is 11. The van der Waals surface area contributed by atoms with Gasteiger partial charge in [-0.2, -0.15) is 0 Å². The zero-order valence-electron chi connectivity index (χ0n) is 24.0. The Morgan fingerprint density at radius 1 is 0.857 bits per heavy atom. The van der Waals surface area contributed by atoms with Crippen molar-refractivity contribution < 1.29 is 19.1 Å². The zero-order valence-corrected chi connectivity index (χ0v) is 24.0. The minimum Gasteiger partial charge on any atom is -0.493 e. The molecule has 0 saturated heterocycles. The topological polar surface area (TPSA) is 74.9 Å². The van der Waals surface area contributed by atoms with Gasteiger partial charge in [0, 0.05) is 41.8 Å². The van der Waals surface area contributed by atoms with Gasteiger partial charge in [-0.15, -0.1) is 0 Å². The first-order chi connectivity index (χ1) is 20.6. The van der Waals surface area contributed by atoms with Crippen LogP contribution in [0.4, 0.5) is 0 Å². The maximum absolute atomic E-state index is 14.1. The second-order valence-electron chi connectivity index (χ2n) is 10.8. The van der Waals surface area contributed by atoms with Crippen molar-refractivity contribution >= 4 is 33.5 Å². The number of nitrogens with one attached hydrogen (secondary N) is 1. The van der Waals surface area contributed by atoms with E-state index in [1.54, 1.807) is 19.1 Å². The molecule has 2 amide bonds. The van der Waals surface area contributed by atoms with Crippen LogP contribution in [0.2, 0.25) is 0 Å². The molecule has 0 spiro atoms. The predicted octanol–water partition coefficient (Wildman–Crippen LogP) is 6.21. The summed E-state index contributed by atoms with van der Waals surface area (Å²) in [6.45, 7) is 0.937. The summed E-state index contributed by atoms with van der Waals surface area (Å²) >= 11 is 0. The number of hydrogen-bond donors (Lipinski definition) is 1. The van der Waals surface area contributed by atoms with Crippen molar-refractivity contribution in [1.82, 2.24) is 14.8 Å². The molecule has 1 N–H and O–H groups in total. The number of fused-ring (bicyclic) bond motifs is 2. The van der Waals surface area contributed by atoms with Crippen molar-refractivity contribution in [2.24, 2.45) is 0 Å². The highest BCUT2D eigenvalue weighted by molar-refractivity contribution is 6.08. The first-order valence-corrected chi connectivity index (χ1v) is 14.4. The first-order valence-electron chi connectivity index (χ1n) is 14.4. The van der Waals surface area contributed by atoms with E-state index in [0.29, 0.717) is 36.6 Å². The largest absolute Gasteiger partial charge is 0.493 e. The maximum atomic E-state index is 14.1. The SMILES string of the molecule is COc1ccc(CN(CCc2c[nH]c3ccccc23)C(=O)CN(C(=O)c2cccc3ccccc23)C2CC2)cc1OC. The molecule has 42 heavy (non-hydrogen) atoms. The molecule has 214 valence electrons. The standard InChI is InChI=1S/C35H35N3O4/c1-41-32-17-14-24(20-33(32)42-2)22-37(19-18-26-21-36-31-13-6-5-11-29(26)31)34(39)23-38(27-15-16-27)35(40)30-12-7-9-25-8-3-4-10-28(25)30/h3-14,17,20-21,27,36H,15-16,18-19,22-23H2,1-2H3. The Hall–Kier alpha value is -4.78. The molecule has 1 saturated carbocycles. The van der Waals surface area contributed by atoms with Crippen LogP contribution in [-0.4, -0.2) is 59.9 Å². The molecule has 0 aliphatic heterocycles. The van der Waals surface area contributed by atoms with E-state index in [2.05, 4.69) is 17.1 Å². The molecule has 6 rings (SSSR count). The molecular formula is C35H35N3O4. The molecule has 0 atom stereocenters. The molecule has 1 aliphatic carbocycles. The van der Waals surface area contributed by atoms with Crippen molar-refractivity contribution in [3.8, 4) is 11.5 Å². The number of aromatic amines is 1. The summed E-state index contributed by atoms with van der Waals surface area (Å²) in [5, 5.41) is 3.07. The number of carbonyl (C=O) groups excluding carboxylic acids is 2. The Bertz CT molecular complexity index is 1730. The van der Waals surface area contributed by atoms with Gasteiger partial charge in [-0.3, -0.25) is 9.59 Å². The molecule has 1 fully saturated rings. The van der Waals surface area contributed by atoms with Crippen LogP contribution in [-0.2, 0) is 17.8 Å². The Morgan fingerprint density at radius 2 is 1.60 bits per heavy atom. The molecule has 1 aromatic heterocycles. The van der Waals surface area contributed by atoms with E-state index in [4.69, 9.17) is 9.47 Å². The Labute approximate surface area is 245 Å². The van der Waals surface area contributed by atoms with Crippen LogP contribution in [0.25, 0.3) is 21.7 Å². The average molecular weight is 562 g/mol. The Kier molecular flexibility index (Phi) is 7.82. The second-order valence-corrected chi connectivity index (χ2v) is 10.8. The van der Waals surface area contributed by atoms with Gasteiger partial charge >= 0.3 is 0 Å². The number of para-hydroxylation sites is 1. The van der Waals surface area contributed by atoms with Gasteiger partial charge in [0.25, 0.3) is 5.91 Å². The van der Waals surface area contributed by atoms with E-state index >= 15 is 0 Å². The fourth-order valence-electron chi connectivity index (χ4n) is 5.65. The zero-order chi connectivity index (χ0) is 29.1. The lowest BCUT2D eigenvalue weighted by Crippen LogP contribution is -2.44. The summed E-state index contributed by atoms with van der Waals surface area (Å²) < 4.78 is 10.9. The fraction of sp³-hybridized carbons (Fsp3) is 0.257. The van der Waals surface area contributed by atoms with Crippen LogP contribution < -0.4 is 9.47 Å². The molecule has 4 aromatic carbocycles. The summed E-state index contributed by atoms with van der Waals surface area (Å²) in [5.41, 5.74) is 3.80. The van der Waals surface area contributed by atoms with Crippen LogP contribution in [0.1, 0.15) is 34.3 Å². The molecule has 5 aromatic rings. The van der Waals surface area contributed by atoms with Gasteiger partial charge in [0.05, 0.1) is 14.2 Å². The highest BCUT2D eigenvalue weighted by Gasteiger charge is 2.35. The van der Waals surface area contributed by atoms with Crippen LogP contribution in [0, 0.1) is 0 Å². The number of hydrogen-bond acceptors (Lipinski definition) is 4. The summed E-state index contributed by atoms with van der Waals surface area (Å²) in [4.78, 5) is 34.9. The van der Waals surface area contributed by atoms with Gasteiger partial charge in [-0.1, -0.05) is 60.7 Å². The summed E-state index contributed by atoms with van der Waals surface area (Å²) in [6, 6.07) is 27.7. The summed E-state index contributed by atoms with van der Waals surface area (Å²) in [6.07, 6.45) is 4.53. The van der Waals surface area contributed by atoms with Crippen LogP contribution in [0.3, 0.4) is 0 Å². The molecule has 0 bridgehead atoms. The van der Waals surface area contributed by atoms with E-state index in [1.807, 2.05) is 83.9 Å². The number of carbonyl (C=O) groups is 2. The minimum atomic E-state index is -0.0923. The summed E-state index contributed by atoms with van der Waals surface area (Å²) in [5.74, 6) is 1.08. The summed E-state index contributed by atoms with van der Waals surface area (Å²) in [7, 11) is 3.21. The normalized spacial score (nSPS) is 12.8. The van der Waals surface area contributed by atoms with Crippen molar-refractivity contribution in [2.45, 2.75) is 31.8 Å². The lowest BCUT2D eigenvalue weighted by Gasteiger charge is -2.28. The van der Waals surface area contributed by atoms with E-state index in [1.165, 1.54) is 0 Å². The maximum Gasteiger partial charge on any atom is 0.255 e. The highest BCUT2D eigenvalue weighted by Crippen LogP contribution is 2.31. The third-order valence-electron chi connectivity index (χ3n) is 8.07. The van der Waals surface area contributed by atoms with Crippen molar-refractivity contribution in [1.29, 1.82) is 0 Å². The monoisotopic (exact) mass is 561 g/mol. The molecule has 7 nitrogen and oxygen atoms in total. The van der Waals surface area contributed by atoms with Gasteiger partial charge in [0.1, 0.15) is 6.54 Å². The van der Waals surface area contributed by atoms with Gasteiger partial charge < -0.3 is 24.3 Å². The molecule has 7 heteroatoms. The quantitative estimate of drug-likeness (QED) is 0.208. The molecule has 1 heterocycles. The third kappa shape index (κ3) is 5.68. The minimum absolute atomic E-state index is 0.0356. The number of H-pyrrole nitrogens is 1. The van der Waals surface area contributed by atoms with E-state index in [9.17, 15) is 9.59 Å². The third-order valence-corrected chi connectivity index (χ3v) is 8.07. The van der Waals surface area contributed by atoms with E-state index < -0.39 is 0 Å². The van der Waals surface area contributed by atoms with Crippen LogP contribution >= 0.6 is 0 Å². The second kappa shape index (κ2) is 12.0. The van der Waals surface area contributed by atoms with Crippen molar-refractivity contribution in [3.63, 3.8) is 0 Å². The average Bonchev–Trinajstić information content (AvgIpc) is 3.80. The van der Waals surface area contributed by atoms with E-state index in [-0.39, 0.29) is 24.4 Å². The number of benzene rings is 4. The smallest absolute Gasteiger partial charge is 0.255 e. The van der Waals surface area contributed by atoms with Crippen LogP contribution in [0.15, 0.2) is 91.1 Å². The van der Waals surface area contributed by atoms with Gasteiger partial charge in [0.2, 0.25) is 5.91 Å².